The standard InChI is InChI=1S/C11H5ClF2N2O/c12-10-6(1-2-17-10)11-15-8-4-5(13)3-7(14)9(8)16-11/h1-4H,(H,15,16). The fourth-order valence-corrected chi connectivity index (χ4v) is 1.84. The molecule has 0 bridgehead atoms. The van der Waals surface area contributed by atoms with Gasteiger partial charge in [-0.25, -0.2) is 13.8 Å². The Morgan fingerprint density at radius 1 is 1.29 bits per heavy atom. The minimum absolute atomic E-state index is 0.0682. The molecule has 6 heteroatoms. The van der Waals surface area contributed by atoms with Gasteiger partial charge in [0.1, 0.15) is 17.2 Å². The third-order valence-corrected chi connectivity index (χ3v) is 2.67. The lowest BCUT2D eigenvalue weighted by Crippen LogP contribution is -1.81. The van der Waals surface area contributed by atoms with Crippen LogP contribution in [-0.4, -0.2) is 9.97 Å². The first-order valence-electron chi connectivity index (χ1n) is 4.73. The first-order valence-corrected chi connectivity index (χ1v) is 5.11. The number of fused-ring (bicyclic) bond motifs is 1. The number of H-pyrrole nitrogens is 1. The van der Waals surface area contributed by atoms with Gasteiger partial charge in [-0.15, -0.1) is 0 Å². The van der Waals surface area contributed by atoms with Gasteiger partial charge >= 0.3 is 0 Å². The molecule has 1 aromatic carbocycles. The zero-order chi connectivity index (χ0) is 12.0. The Hall–Kier alpha value is -1.88. The predicted octanol–water partition coefficient (Wildman–Crippen LogP) is 3.75. The molecule has 0 spiro atoms. The van der Waals surface area contributed by atoms with Crippen molar-refractivity contribution in [2.75, 3.05) is 0 Å². The molecule has 86 valence electrons. The second-order valence-electron chi connectivity index (χ2n) is 3.48. The van der Waals surface area contributed by atoms with Gasteiger partial charge in [0.05, 0.1) is 17.3 Å². The number of nitrogens with one attached hydrogen (secondary N) is 1. The molecule has 0 saturated carbocycles. The lowest BCUT2D eigenvalue weighted by Gasteiger charge is -1.90. The van der Waals surface area contributed by atoms with Gasteiger partial charge in [-0.2, -0.15) is 0 Å². The van der Waals surface area contributed by atoms with E-state index in [1.54, 1.807) is 6.07 Å². The first-order chi connectivity index (χ1) is 8.15. The van der Waals surface area contributed by atoms with E-state index in [1.807, 2.05) is 0 Å². The molecular formula is C11H5ClF2N2O. The molecule has 3 rings (SSSR count). The number of halogens is 3. The van der Waals surface area contributed by atoms with Crippen molar-refractivity contribution in [1.29, 1.82) is 0 Å². The number of aromatic amines is 1. The van der Waals surface area contributed by atoms with Crippen LogP contribution in [0.1, 0.15) is 0 Å². The monoisotopic (exact) mass is 254 g/mol. The maximum absolute atomic E-state index is 13.4. The molecule has 0 aliphatic heterocycles. The molecule has 0 aliphatic rings. The van der Waals surface area contributed by atoms with E-state index < -0.39 is 11.6 Å². The average molecular weight is 255 g/mol. The molecule has 0 atom stereocenters. The van der Waals surface area contributed by atoms with E-state index in [2.05, 4.69) is 9.97 Å². The van der Waals surface area contributed by atoms with E-state index in [-0.39, 0.29) is 16.3 Å². The van der Waals surface area contributed by atoms with E-state index in [0.29, 0.717) is 11.4 Å². The molecule has 17 heavy (non-hydrogen) atoms. The third-order valence-electron chi connectivity index (χ3n) is 2.38. The van der Waals surface area contributed by atoms with Gasteiger partial charge in [-0.1, -0.05) is 0 Å². The number of hydrogen-bond donors (Lipinski definition) is 1. The zero-order valence-electron chi connectivity index (χ0n) is 8.30. The number of rotatable bonds is 1. The average Bonchev–Trinajstić information content (AvgIpc) is 2.83. The molecule has 2 aromatic heterocycles. The SMILES string of the molecule is Fc1cc(F)c2nc(-c3ccoc3Cl)[nH]c2c1. The van der Waals surface area contributed by atoms with Crippen molar-refractivity contribution < 1.29 is 13.2 Å². The maximum atomic E-state index is 13.4. The van der Waals surface area contributed by atoms with Crippen molar-refractivity contribution in [3.63, 3.8) is 0 Å². The summed E-state index contributed by atoms with van der Waals surface area (Å²) in [5, 5.41) is 0.143. The zero-order valence-corrected chi connectivity index (χ0v) is 9.05. The third kappa shape index (κ3) is 1.59. The molecule has 0 fully saturated rings. The van der Waals surface area contributed by atoms with E-state index in [4.69, 9.17) is 16.0 Å². The molecule has 0 aliphatic carbocycles. The maximum Gasteiger partial charge on any atom is 0.203 e. The van der Waals surface area contributed by atoms with E-state index in [1.165, 1.54) is 12.3 Å². The van der Waals surface area contributed by atoms with Gasteiger partial charge in [0.15, 0.2) is 5.82 Å². The van der Waals surface area contributed by atoms with Gasteiger partial charge in [0.25, 0.3) is 0 Å². The predicted molar refractivity (Wildman–Crippen MR) is 58.7 cm³/mol. The van der Waals surface area contributed by atoms with Crippen LogP contribution in [0.3, 0.4) is 0 Å². The summed E-state index contributed by atoms with van der Waals surface area (Å²) in [5.74, 6) is -1.05. The van der Waals surface area contributed by atoms with E-state index >= 15 is 0 Å². The second-order valence-corrected chi connectivity index (χ2v) is 3.82. The van der Waals surface area contributed by atoms with E-state index in [0.717, 1.165) is 6.07 Å². The Morgan fingerprint density at radius 3 is 2.82 bits per heavy atom. The minimum Gasteiger partial charge on any atom is -0.452 e. The van der Waals surface area contributed by atoms with Crippen LogP contribution < -0.4 is 0 Å². The van der Waals surface area contributed by atoms with Crippen LogP contribution >= 0.6 is 11.6 Å². The van der Waals surface area contributed by atoms with Gasteiger partial charge in [0, 0.05) is 6.07 Å². The molecule has 2 heterocycles. The summed E-state index contributed by atoms with van der Waals surface area (Å²) in [5.41, 5.74) is 0.844. The largest absolute Gasteiger partial charge is 0.452 e. The normalized spacial score (nSPS) is 11.2. The van der Waals surface area contributed by atoms with Crippen LogP contribution in [0, 0.1) is 11.6 Å². The van der Waals surface area contributed by atoms with Gasteiger partial charge < -0.3 is 9.40 Å². The van der Waals surface area contributed by atoms with Crippen LogP contribution in [0.4, 0.5) is 8.78 Å². The topological polar surface area (TPSA) is 41.8 Å². The highest BCUT2D eigenvalue weighted by atomic mass is 35.5. The summed E-state index contributed by atoms with van der Waals surface area (Å²) in [6.07, 6.45) is 1.39. The Balaban J connectivity index is 2.27. The summed E-state index contributed by atoms with van der Waals surface area (Å²) in [6, 6.07) is 3.54. The summed E-state index contributed by atoms with van der Waals surface area (Å²) in [7, 11) is 0. The molecule has 1 N–H and O–H groups in total. The molecule has 0 saturated heterocycles. The highest BCUT2D eigenvalue weighted by Gasteiger charge is 2.14. The van der Waals surface area contributed by atoms with Crippen LogP contribution in [0.2, 0.25) is 5.22 Å². The Labute approximate surface area is 99.0 Å². The Kier molecular flexibility index (Phi) is 2.16. The number of nitrogens with zero attached hydrogens (tertiary/aromatic N) is 1. The number of aromatic nitrogens is 2. The van der Waals surface area contributed by atoms with E-state index in [9.17, 15) is 8.78 Å². The van der Waals surface area contributed by atoms with Crippen molar-refractivity contribution >= 4 is 22.6 Å². The summed E-state index contributed by atoms with van der Waals surface area (Å²) < 4.78 is 31.3. The number of furan rings is 1. The quantitative estimate of drug-likeness (QED) is 0.718. The highest BCUT2D eigenvalue weighted by molar-refractivity contribution is 6.31. The molecular weight excluding hydrogens is 250 g/mol. The second kappa shape index (κ2) is 3.56. The Bertz CT molecular complexity index is 705. The molecule has 0 unspecified atom stereocenters. The fraction of sp³-hybridized carbons (Fsp3) is 0. The van der Waals surface area contributed by atoms with Crippen molar-refractivity contribution in [2.45, 2.75) is 0 Å². The number of hydrogen-bond acceptors (Lipinski definition) is 2. The van der Waals surface area contributed by atoms with Crippen LogP contribution in [0.25, 0.3) is 22.4 Å². The van der Waals surface area contributed by atoms with Crippen LogP contribution in [-0.2, 0) is 0 Å². The van der Waals surface area contributed by atoms with Gasteiger partial charge in [-0.05, 0) is 23.7 Å². The smallest absolute Gasteiger partial charge is 0.203 e. The molecule has 0 radical (unpaired) electrons. The lowest BCUT2D eigenvalue weighted by atomic mass is 10.3. The minimum atomic E-state index is -0.720. The van der Waals surface area contributed by atoms with Gasteiger partial charge in [-0.3, -0.25) is 0 Å². The molecule has 3 aromatic rings. The Morgan fingerprint density at radius 2 is 2.12 bits per heavy atom. The summed E-state index contributed by atoms with van der Waals surface area (Å²) >= 11 is 5.78. The number of imidazole rings is 1. The summed E-state index contributed by atoms with van der Waals surface area (Å²) in [6.45, 7) is 0. The van der Waals surface area contributed by atoms with Crippen molar-refractivity contribution in [3.8, 4) is 11.4 Å². The van der Waals surface area contributed by atoms with Crippen molar-refractivity contribution in [2.24, 2.45) is 0 Å². The van der Waals surface area contributed by atoms with Crippen LogP contribution in [0.15, 0.2) is 28.9 Å². The fourth-order valence-electron chi connectivity index (χ4n) is 1.63. The molecule has 3 nitrogen and oxygen atoms in total. The first kappa shape index (κ1) is 10.3. The number of benzene rings is 1. The van der Waals surface area contributed by atoms with Gasteiger partial charge in [0.2, 0.25) is 5.22 Å². The molecule has 0 amide bonds. The lowest BCUT2D eigenvalue weighted by molar-refractivity contribution is 0.570. The van der Waals surface area contributed by atoms with Crippen LogP contribution in [0.5, 0.6) is 0 Å². The highest BCUT2D eigenvalue weighted by Crippen LogP contribution is 2.29. The van der Waals surface area contributed by atoms with Crippen molar-refractivity contribution in [1.82, 2.24) is 9.97 Å². The van der Waals surface area contributed by atoms with Crippen molar-refractivity contribution in [3.05, 3.63) is 41.3 Å². The summed E-state index contributed by atoms with van der Waals surface area (Å²) in [4.78, 5) is 6.80.